The van der Waals surface area contributed by atoms with Gasteiger partial charge in [-0.25, -0.2) is 0 Å². The van der Waals surface area contributed by atoms with Gasteiger partial charge in [-0.3, -0.25) is 4.79 Å². The molecule has 7 heteroatoms. The number of carbonyl (C=O) groups is 1. The second-order valence-corrected chi connectivity index (χ2v) is 8.40. The fourth-order valence-electron chi connectivity index (χ4n) is 3.08. The van der Waals surface area contributed by atoms with Gasteiger partial charge in [0.15, 0.2) is 11.0 Å². The molecule has 2 aromatic heterocycles. The molecule has 0 unspecified atom stereocenters. The second kappa shape index (κ2) is 8.19. The van der Waals surface area contributed by atoms with E-state index in [2.05, 4.69) is 35.1 Å². The van der Waals surface area contributed by atoms with Crippen LogP contribution in [0.5, 0.6) is 0 Å². The first-order valence-corrected chi connectivity index (χ1v) is 10.4. The Morgan fingerprint density at radius 2 is 2.40 bits per heavy atom. The number of thioether (sulfide) groups is 1. The first-order valence-electron chi connectivity index (χ1n) is 8.64. The van der Waals surface area contributed by atoms with E-state index in [1.54, 1.807) is 6.08 Å². The Balaban J connectivity index is 1.70. The molecule has 0 bridgehead atoms. The average Bonchev–Trinajstić information content (AvgIpc) is 3.20. The van der Waals surface area contributed by atoms with E-state index in [9.17, 15) is 4.79 Å². The molecule has 1 aliphatic rings. The molecule has 0 aliphatic heterocycles. The van der Waals surface area contributed by atoms with Crippen molar-refractivity contribution in [2.24, 2.45) is 13.0 Å². The van der Waals surface area contributed by atoms with Gasteiger partial charge in [0.05, 0.1) is 10.6 Å². The van der Waals surface area contributed by atoms with Gasteiger partial charge in [0.25, 0.3) is 0 Å². The van der Waals surface area contributed by atoms with Crippen LogP contribution in [0, 0.1) is 5.92 Å². The Kier molecular flexibility index (Phi) is 5.96. The molecular formula is C18H24N4OS2. The van der Waals surface area contributed by atoms with Crippen LogP contribution < -0.4 is 5.32 Å². The lowest BCUT2D eigenvalue weighted by Crippen LogP contribution is -2.25. The Morgan fingerprint density at radius 3 is 3.16 bits per heavy atom. The minimum Gasteiger partial charge on any atom is -0.352 e. The smallest absolute Gasteiger partial charge is 0.230 e. The third-order valence-corrected chi connectivity index (χ3v) is 6.85. The number of hydrogen-bond acceptors (Lipinski definition) is 5. The number of fused-ring (bicyclic) bond motifs is 1. The number of aryl methyl sites for hydroxylation is 1. The molecule has 0 radical (unpaired) electrons. The molecule has 0 saturated carbocycles. The van der Waals surface area contributed by atoms with E-state index in [-0.39, 0.29) is 5.91 Å². The highest BCUT2D eigenvalue weighted by molar-refractivity contribution is 7.99. The Labute approximate surface area is 156 Å². The fourth-order valence-corrected chi connectivity index (χ4v) is 5.05. The molecule has 0 fully saturated rings. The van der Waals surface area contributed by atoms with Crippen molar-refractivity contribution in [3.63, 3.8) is 0 Å². The van der Waals surface area contributed by atoms with Gasteiger partial charge >= 0.3 is 0 Å². The maximum Gasteiger partial charge on any atom is 0.230 e. The van der Waals surface area contributed by atoms with Crippen LogP contribution in [-0.2, 0) is 24.7 Å². The summed E-state index contributed by atoms with van der Waals surface area (Å²) in [5.74, 6) is 2.02. The van der Waals surface area contributed by atoms with E-state index in [1.807, 2.05) is 23.0 Å². The van der Waals surface area contributed by atoms with Crippen LogP contribution in [0.1, 0.15) is 30.2 Å². The molecule has 1 atom stereocenters. The first-order chi connectivity index (χ1) is 12.1. The molecular weight excluding hydrogens is 352 g/mol. The molecule has 1 amide bonds. The number of hydrogen-bond donors (Lipinski definition) is 1. The summed E-state index contributed by atoms with van der Waals surface area (Å²) < 4.78 is 1.99. The highest BCUT2D eigenvalue weighted by Crippen LogP contribution is 2.37. The van der Waals surface area contributed by atoms with Crippen molar-refractivity contribution in [3.8, 4) is 10.7 Å². The maximum atomic E-state index is 11.7. The second-order valence-electron chi connectivity index (χ2n) is 6.32. The predicted octanol–water partition coefficient (Wildman–Crippen LogP) is 3.45. The third kappa shape index (κ3) is 4.15. The van der Waals surface area contributed by atoms with E-state index in [4.69, 9.17) is 0 Å². The minimum absolute atomic E-state index is 0.0216. The maximum absolute atomic E-state index is 11.7. The van der Waals surface area contributed by atoms with E-state index in [0.29, 0.717) is 12.3 Å². The molecule has 0 spiro atoms. The lowest BCUT2D eigenvalue weighted by molar-refractivity contribution is -0.118. The largest absolute Gasteiger partial charge is 0.352 e. The zero-order valence-corrected chi connectivity index (χ0v) is 16.4. The summed E-state index contributed by atoms with van der Waals surface area (Å²) in [5.41, 5.74) is 1.49. The summed E-state index contributed by atoms with van der Waals surface area (Å²) >= 11 is 3.25. The SMILES string of the molecule is C=CCNC(=O)CSc1nnc(-c2cc3c(s2)CC[C@H](CC)C3)n1C. The Hall–Kier alpha value is -1.60. The molecule has 25 heavy (non-hydrogen) atoms. The van der Waals surface area contributed by atoms with Crippen LogP contribution >= 0.6 is 23.1 Å². The van der Waals surface area contributed by atoms with Crippen molar-refractivity contribution in [2.45, 2.75) is 37.8 Å². The first kappa shape index (κ1) is 18.2. The summed E-state index contributed by atoms with van der Waals surface area (Å²) in [6.45, 7) is 6.36. The van der Waals surface area contributed by atoms with Gasteiger partial charge in [-0.1, -0.05) is 31.2 Å². The zero-order chi connectivity index (χ0) is 17.8. The number of amides is 1. The minimum atomic E-state index is -0.0216. The molecule has 3 rings (SSSR count). The normalized spacial score (nSPS) is 16.5. The summed E-state index contributed by atoms with van der Waals surface area (Å²) in [6, 6.07) is 2.29. The van der Waals surface area contributed by atoms with Crippen LogP contribution in [0.3, 0.4) is 0 Å². The molecule has 1 aliphatic carbocycles. The van der Waals surface area contributed by atoms with Gasteiger partial charge in [-0.05, 0) is 36.8 Å². The Bertz CT molecular complexity index is 765. The highest BCUT2D eigenvalue weighted by atomic mass is 32.2. The van der Waals surface area contributed by atoms with Gasteiger partial charge in [0.1, 0.15) is 0 Å². The van der Waals surface area contributed by atoms with Crippen LogP contribution in [-0.4, -0.2) is 33.0 Å². The number of nitrogens with one attached hydrogen (secondary N) is 1. The Morgan fingerprint density at radius 1 is 1.56 bits per heavy atom. The molecule has 5 nitrogen and oxygen atoms in total. The van der Waals surface area contributed by atoms with Crippen molar-refractivity contribution in [3.05, 3.63) is 29.2 Å². The standard InChI is InChI=1S/C18H24N4OS2/c1-4-8-19-16(23)11-24-18-21-20-17(22(18)3)15-10-13-9-12(5-2)6-7-14(13)25-15/h4,10,12H,1,5-9,11H2,2-3H3,(H,19,23)/t12-/m0/s1. The van der Waals surface area contributed by atoms with E-state index < -0.39 is 0 Å². The van der Waals surface area contributed by atoms with Crippen molar-refractivity contribution < 1.29 is 4.79 Å². The van der Waals surface area contributed by atoms with Gasteiger partial charge < -0.3 is 9.88 Å². The molecule has 0 aromatic carbocycles. The van der Waals surface area contributed by atoms with E-state index >= 15 is 0 Å². The lowest BCUT2D eigenvalue weighted by Gasteiger charge is -2.19. The van der Waals surface area contributed by atoms with Crippen molar-refractivity contribution >= 4 is 29.0 Å². The number of nitrogens with zero attached hydrogens (tertiary/aromatic N) is 3. The molecule has 2 aromatic rings. The summed E-state index contributed by atoms with van der Waals surface area (Å²) in [7, 11) is 1.97. The number of aromatic nitrogens is 3. The van der Waals surface area contributed by atoms with E-state index in [0.717, 1.165) is 16.9 Å². The van der Waals surface area contributed by atoms with Crippen molar-refractivity contribution in [1.29, 1.82) is 0 Å². The summed E-state index contributed by atoms with van der Waals surface area (Å²) in [4.78, 5) is 14.4. The summed E-state index contributed by atoms with van der Waals surface area (Å²) in [5, 5.41) is 12.2. The fraction of sp³-hybridized carbons (Fsp3) is 0.500. The lowest BCUT2D eigenvalue weighted by atomic mass is 9.87. The molecule has 1 N–H and O–H groups in total. The number of carbonyl (C=O) groups excluding carboxylic acids is 1. The van der Waals surface area contributed by atoms with Gasteiger partial charge in [-0.2, -0.15) is 0 Å². The highest BCUT2D eigenvalue weighted by Gasteiger charge is 2.22. The van der Waals surface area contributed by atoms with Crippen LogP contribution in [0.25, 0.3) is 10.7 Å². The number of thiophene rings is 1. The average molecular weight is 377 g/mol. The van der Waals surface area contributed by atoms with E-state index in [1.165, 1.54) is 52.8 Å². The van der Waals surface area contributed by atoms with Crippen molar-refractivity contribution in [2.75, 3.05) is 12.3 Å². The summed E-state index contributed by atoms with van der Waals surface area (Å²) in [6.07, 6.45) is 6.59. The van der Waals surface area contributed by atoms with Crippen LogP contribution in [0.2, 0.25) is 0 Å². The quantitative estimate of drug-likeness (QED) is 0.594. The molecule has 2 heterocycles. The predicted molar refractivity (Wildman–Crippen MR) is 104 cm³/mol. The van der Waals surface area contributed by atoms with Gasteiger partial charge in [0, 0.05) is 18.5 Å². The van der Waals surface area contributed by atoms with Crippen molar-refractivity contribution in [1.82, 2.24) is 20.1 Å². The molecule has 0 saturated heterocycles. The number of rotatable bonds is 7. The molecule has 134 valence electrons. The monoisotopic (exact) mass is 376 g/mol. The zero-order valence-electron chi connectivity index (χ0n) is 14.7. The van der Waals surface area contributed by atoms with Gasteiger partial charge in [-0.15, -0.1) is 28.1 Å². The third-order valence-electron chi connectivity index (χ3n) is 4.59. The van der Waals surface area contributed by atoms with Gasteiger partial charge in [0.2, 0.25) is 5.91 Å². The van der Waals surface area contributed by atoms with Crippen LogP contribution in [0.15, 0.2) is 23.9 Å². The van der Waals surface area contributed by atoms with Crippen LogP contribution in [0.4, 0.5) is 0 Å². The topological polar surface area (TPSA) is 59.8 Å².